The van der Waals surface area contributed by atoms with Crippen molar-refractivity contribution in [1.29, 1.82) is 0 Å². The van der Waals surface area contributed by atoms with Crippen LogP contribution >= 0.6 is 0 Å². The van der Waals surface area contributed by atoms with E-state index in [9.17, 15) is 0 Å². The lowest BCUT2D eigenvalue weighted by atomic mass is 9.92. The lowest BCUT2D eigenvalue weighted by Gasteiger charge is -2.42. The second-order valence-corrected chi connectivity index (χ2v) is 15.1. The van der Waals surface area contributed by atoms with E-state index in [0.29, 0.717) is 23.7 Å². The quantitative estimate of drug-likeness (QED) is 0.421. The molecule has 1 fully saturated rings. The molecule has 0 spiro atoms. The molecule has 1 saturated heterocycles. The monoisotopic (exact) mass is 436 g/mol. The fourth-order valence-corrected chi connectivity index (χ4v) is 8.51. The van der Waals surface area contributed by atoms with E-state index in [4.69, 9.17) is 0 Å². The number of hydrogen-bond donors (Lipinski definition) is 0. The Labute approximate surface area is 192 Å². The molecule has 1 heterocycles. The Morgan fingerprint density at radius 2 is 0.806 bits per heavy atom. The number of rotatable bonds is 6. The summed E-state index contributed by atoms with van der Waals surface area (Å²) in [6.45, 7) is 26.1. The summed E-state index contributed by atoms with van der Waals surface area (Å²) in [7, 11) is -1.92. The van der Waals surface area contributed by atoms with Gasteiger partial charge in [0.25, 0.3) is 8.40 Å². The van der Waals surface area contributed by atoms with Gasteiger partial charge in [-0.2, -0.15) is 0 Å². The maximum atomic E-state index is 2.83. The minimum absolute atomic E-state index is 0.529. The minimum Gasteiger partial charge on any atom is -0.379 e. The highest BCUT2D eigenvalue weighted by Crippen LogP contribution is 2.44. The van der Waals surface area contributed by atoms with Crippen molar-refractivity contribution in [1.82, 2.24) is 0 Å². The van der Waals surface area contributed by atoms with Crippen LogP contribution in [0, 0.1) is 0 Å². The summed E-state index contributed by atoms with van der Waals surface area (Å²) in [5.74, 6) is 2.12. The molecule has 3 rings (SSSR count). The van der Waals surface area contributed by atoms with Crippen molar-refractivity contribution in [2.24, 2.45) is 0 Å². The first-order chi connectivity index (χ1) is 14.5. The first-order valence-electron chi connectivity index (χ1n) is 12.3. The van der Waals surface area contributed by atoms with Gasteiger partial charge in [0.05, 0.1) is 0 Å². The second-order valence-electron chi connectivity index (χ2n) is 11.0. The Hall–Kier alpha value is -1.74. The normalized spacial score (nSPS) is 16.5. The highest BCUT2D eigenvalue weighted by Gasteiger charge is 2.45. The number of nitrogens with zero attached hydrogens (tertiary/aromatic N) is 2. The fourth-order valence-electron chi connectivity index (χ4n) is 5.31. The van der Waals surface area contributed by atoms with Gasteiger partial charge in [-0.3, -0.25) is 0 Å². The van der Waals surface area contributed by atoms with E-state index in [1.807, 2.05) is 0 Å². The molecule has 2 aromatic carbocycles. The summed E-state index contributed by atoms with van der Waals surface area (Å²) in [6.07, 6.45) is 0. The molecule has 3 heteroatoms. The molecule has 0 saturated carbocycles. The SMILES string of the molecule is CC(C)c1cccc(C(C)C)c1N1CCN(c2c(C(C)C)cccc2C(C)C)[Si]1(C)C. The van der Waals surface area contributed by atoms with Gasteiger partial charge in [-0.1, -0.05) is 91.8 Å². The third kappa shape index (κ3) is 4.31. The number of anilines is 2. The topological polar surface area (TPSA) is 6.48 Å². The predicted molar refractivity (Wildman–Crippen MR) is 141 cm³/mol. The Kier molecular flexibility index (Phi) is 6.95. The van der Waals surface area contributed by atoms with Gasteiger partial charge in [0, 0.05) is 24.5 Å². The molecule has 0 bridgehead atoms. The van der Waals surface area contributed by atoms with Crippen LogP contribution in [-0.2, 0) is 0 Å². The maximum absolute atomic E-state index is 2.83. The average Bonchev–Trinajstić information content (AvgIpc) is 3.00. The van der Waals surface area contributed by atoms with Gasteiger partial charge in [0.2, 0.25) is 0 Å². The van der Waals surface area contributed by atoms with Crippen molar-refractivity contribution in [3.8, 4) is 0 Å². The molecule has 0 unspecified atom stereocenters. The van der Waals surface area contributed by atoms with E-state index < -0.39 is 8.40 Å². The van der Waals surface area contributed by atoms with Crippen molar-refractivity contribution in [2.75, 3.05) is 22.2 Å². The standard InChI is InChI=1S/C28H44N2Si/c1-19(2)23-13-11-14-24(20(3)4)27(23)29-17-18-30(31(29,9)10)28-25(21(5)6)15-12-16-26(28)22(7)8/h11-16,19-22H,17-18H2,1-10H3. The fraction of sp³-hybridized carbons (Fsp3) is 0.571. The summed E-state index contributed by atoms with van der Waals surface area (Å²) >= 11 is 0. The Morgan fingerprint density at radius 3 is 1.03 bits per heavy atom. The first-order valence-corrected chi connectivity index (χ1v) is 15.2. The van der Waals surface area contributed by atoms with Crippen molar-refractivity contribution in [2.45, 2.75) is 92.2 Å². The first kappa shape index (κ1) is 23.9. The molecular weight excluding hydrogens is 392 g/mol. The van der Waals surface area contributed by atoms with Crippen LogP contribution in [0.3, 0.4) is 0 Å². The van der Waals surface area contributed by atoms with Gasteiger partial charge in [-0.25, -0.2) is 0 Å². The molecule has 0 radical (unpaired) electrons. The van der Waals surface area contributed by atoms with Crippen LogP contribution < -0.4 is 9.13 Å². The van der Waals surface area contributed by atoms with Crippen LogP contribution in [0.4, 0.5) is 11.4 Å². The molecule has 0 amide bonds. The largest absolute Gasteiger partial charge is 0.379 e. The zero-order chi connectivity index (χ0) is 23.1. The van der Waals surface area contributed by atoms with Gasteiger partial charge >= 0.3 is 0 Å². The summed E-state index contributed by atoms with van der Waals surface area (Å²) in [6, 6.07) is 14.0. The lowest BCUT2D eigenvalue weighted by molar-refractivity contribution is 0.821. The van der Waals surface area contributed by atoms with Crippen LogP contribution in [0.2, 0.25) is 13.1 Å². The highest BCUT2D eigenvalue weighted by molar-refractivity contribution is 6.85. The van der Waals surface area contributed by atoms with Gasteiger partial charge < -0.3 is 9.13 Å². The third-order valence-corrected chi connectivity index (χ3v) is 10.6. The molecule has 31 heavy (non-hydrogen) atoms. The Bertz CT molecular complexity index is 785. The van der Waals surface area contributed by atoms with Gasteiger partial charge in [0.1, 0.15) is 0 Å². The second kappa shape index (κ2) is 9.01. The summed E-state index contributed by atoms with van der Waals surface area (Å²) in [5, 5.41) is 0. The zero-order valence-electron chi connectivity index (χ0n) is 21.6. The van der Waals surface area contributed by atoms with Crippen LogP contribution in [0.1, 0.15) is 101 Å². The minimum atomic E-state index is -1.92. The third-order valence-electron chi connectivity index (χ3n) is 7.09. The molecule has 1 aliphatic heterocycles. The summed E-state index contributed by atoms with van der Waals surface area (Å²) < 4.78 is 5.66. The van der Waals surface area contributed by atoms with Crippen LogP contribution in [0.25, 0.3) is 0 Å². The van der Waals surface area contributed by atoms with E-state index >= 15 is 0 Å². The lowest BCUT2D eigenvalue weighted by Crippen LogP contribution is -2.55. The molecule has 2 nitrogen and oxygen atoms in total. The van der Waals surface area contributed by atoms with Crippen molar-refractivity contribution in [3.63, 3.8) is 0 Å². The highest BCUT2D eigenvalue weighted by atomic mass is 28.3. The van der Waals surface area contributed by atoms with Gasteiger partial charge in [-0.05, 0) is 59.0 Å². The predicted octanol–water partition coefficient (Wildman–Crippen LogP) is 8.21. The van der Waals surface area contributed by atoms with Crippen LogP contribution in [-0.4, -0.2) is 21.5 Å². The number of para-hydroxylation sites is 2. The van der Waals surface area contributed by atoms with Gasteiger partial charge in [-0.15, -0.1) is 0 Å². The number of benzene rings is 2. The van der Waals surface area contributed by atoms with E-state index in [1.54, 1.807) is 0 Å². The molecule has 1 aliphatic rings. The molecule has 0 aliphatic carbocycles. The molecule has 2 aromatic rings. The molecule has 0 aromatic heterocycles. The van der Waals surface area contributed by atoms with Crippen molar-refractivity contribution >= 4 is 19.8 Å². The summed E-state index contributed by atoms with van der Waals surface area (Å²) in [4.78, 5) is 0. The van der Waals surface area contributed by atoms with Crippen LogP contribution in [0.15, 0.2) is 36.4 Å². The Balaban J connectivity index is 2.19. The van der Waals surface area contributed by atoms with E-state index in [1.165, 1.54) is 33.6 Å². The van der Waals surface area contributed by atoms with Crippen LogP contribution in [0.5, 0.6) is 0 Å². The van der Waals surface area contributed by atoms with Crippen molar-refractivity contribution < 1.29 is 0 Å². The van der Waals surface area contributed by atoms with E-state index in [0.717, 1.165) is 13.1 Å². The maximum Gasteiger partial charge on any atom is 0.258 e. The number of hydrogen-bond acceptors (Lipinski definition) is 2. The molecule has 0 N–H and O–H groups in total. The van der Waals surface area contributed by atoms with E-state index in [2.05, 4.69) is 114 Å². The molecule has 0 atom stereocenters. The Morgan fingerprint density at radius 1 is 0.548 bits per heavy atom. The smallest absolute Gasteiger partial charge is 0.258 e. The molecular formula is C28H44N2Si. The zero-order valence-corrected chi connectivity index (χ0v) is 22.6. The van der Waals surface area contributed by atoms with Gasteiger partial charge in [0.15, 0.2) is 0 Å². The molecule has 170 valence electrons. The van der Waals surface area contributed by atoms with E-state index in [-0.39, 0.29) is 0 Å². The van der Waals surface area contributed by atoms with Crippen molar-refractivity contribution in [3.05, 3.63) is 58.7 Å². The summed E-state index contributed by atoms with van der Waals surface area (Å²) in [5.41, 5.74) is 9.09. The average molecular weight is 437 g/mol.